The highest BCUT2D eigenvalue weighted by Gasteiger charge is 2.18. The summed E-state index contributed by atoms with van der Waals surface area (Å²) in [7, 11) is 0. The van der Waals surface area contributed by atoms with Crippen LogP contribution < -0.4 is 0 Å². The molecule has 1 amide bonds. The first-order valence-electron chi connectivity index (χ1n) is 8.53. The van der Waals surface area contributed by atoms with Crippen molar-refractivity contribution in [3.05, 3.63) is 90.3 Å². The number of nitrogens with zero attached hydrogens (tertiary/aromatic N) is 2. The van der Waals surface area contributed by atoms with Gasteiger partial charge in [-0.25, -0.2) is 0 Å². The van der Waals surface area contributed by atoms with E-state index < -0.39 is 0 Å². The summed E-state index contributed by atoms with van der Waals surface area (Å²) in [6.07, 6.45) is 7.40. The van der Waals surface area contributed by atoms with Crippen LogP contribution in [0.3, 0.4) is 0 Å². The molecule has 0 atom stereocenters. The first-order valence-corrected chi connectivity index (χ1v) is 8.53. The summed E-state index contributed by atoms with van der Waals surface area (Å²) in [5, 5.41) is 1.08. The van der Waals surface area contributed by atoms with E-state index in [1.807, 2.05) is 54.7 Å². The minimum absolute atomic E-state index is 0.0509. The smallest absolute Gasteiger partial charge is 0.227 e. The van der Waals surface area contributed by atoms with E-state index in [0.29, 0.717) is 19.5 Å². The van der Waals surface area contributed by atoms with Gasteiger partial charge >= 0.3 is 0 Å². The summed E-state index contributed by atoms with van der Waals surface area (Å²) in [5.74, 6) is 0.816. The number of amides is 1. The van der Waals surface area contributed by atoms with Gasteiger partial charge in [-0.2, -0.15) is 0 Å². The van der Waals surface area contributed by atoms with Crippen molar-refractivity contribution in [3.63, 3.8) is 0 Å². The molecule has 0 fully saturated rings. The maximum absolute atomic E-state index is 13.0. The molecule has 130 valence electrons. The molecule has 4 rings (SSSR count). The Morgan fingerprint density at radius 3 is 2.81 bits per heavy atom. The average Bonchev–Trinajstić information content (AvgIpc) is 3.32. The Morgan fingerprint density at radius 1 is 1.08 bits per heavy atom. The molecule has 0 saturated heterocycles. The van der Waals surface area contributed by atoms with Gasteiger partial charge in [0.05, 0.1) is 19.2 Å². The molecule has 26 heavy (non-hydrogen) atoms. The fourth-order valence-electron chi connectivity index (χ4n) is 3.09. The Labute approximate surface area is 151 Å². The zero-order valence-corrected chi connectivity index (χ0v) is 14.3. The molecule has 1 N–H and O–H groups in total. The Bertz CT molecular complexity index is 990. The highest BCUT2D eigenvalue weighted by Crippen LogP contribution is 2.20. The third-order valence-corrected chi connectivity index (χ3v) is 4.39. The molecule has 0 unspecified atom stereocenters. The number of hydrogen-bond donors (Lipinski definition) is 1. The number of rotatable bonds is 6. The number of para-hydroxylation sites is 1. The van der Waals surface area contributed by atoms with Crippen LogP contribution >= 0.6 is 0 Å². The Balaban J connectivity index is 1.56. The van der Waals surface area contributed by atoms with Gasteiger partial charge in [0.15, 0.2) is 0 Å². The van der Waals surface area contributed by atoms with Crippen LogP contribution in [0.15, 0.2) is 77.8 Å². The normalized spacial score (nSPS) is 10.9. The molecule has 3 aromatic heterocycles. The molecule has 0 spiro atoms. The predicted octanol–water partition coefficient (Wildman–Crippen LogP) is 3.93. The first kappa shape index (κ1) is 16.1. The number of carbonyl (C=O) groups excluding carboxylic acids is 1. The molecule has 1 aromatic carbocycles. The summed E-state index contributed by atoms with van der Waals surface area (Å²) in [5.41, 5.74) is 3.03. The number of pyridine rings is 1. The summed E-state index contributed by atoms with van der Waals surface area (Å²) in [6, 6.07) is 15.6. The van der Waals surface area contributed by atoms with Crippen molar-refractivity contribution in [3.8, 4) is 0 Å². The zero-order valence-electron chi connectivity index (χ0n) is 14.3. The number of furan rings is 1. The van der Waals surface area contributed by atoms with Crippen LogP contribution in [0.25, 0.3) is 10.9 Å². The van der Waals surface area contributed by atoms with Crippen molar-refractivity contribution in [2.45, 2.75) is 19.5 Å². The Kier molecular flexibility index (Phi) is 4.51. The van der Waals surface area contributed by atoms with Gasteiger partial charge in [0, 0.05) is 36.0 Å². The van der Waals surface area contributed by atoms with Crippen molar-refractivity contribution in [1.29, 1.82) is 0 Å². The lowest BCUT2D eigenvalue weighted by molar-refractivity contribution is -0.132. The van der Waals surface area contributed by atoms with Gasteiger partial charge in [-0.05, 0) is 35.4 Å². The molecule has 0 radical (unpaired) electrons. The minimum atomic E-state index is 0.0509. The van der Waals surface area contributed by atoms with Gasteiger partial charge < -0.3 is 14.3 Å². The second-order valence-electron chi connectivity index (χ2n) is 6.23. The van der Waals surface area contributed by atoms with Gasteiger partial charge in [0.2, 0.25) is 5.91 Å². The van der Waals surface area contributed by atoms with Crippen molar-refractivity contribution in [1.82, 2.24) is 14.9 Å². The highest BCUT2D eigenvalue weighted by molar-refractivity contribution is 5.88. The topological polar surface area (TPSA) is 62.1 Å². The van der Waals surface area contributed by atoms with Crippen molar-refractivity contribution in [2.75, 3.05) is 0 Å². The van der Waals surface area contributed by atoms with E-state index in [-0.39, 0.29) is 5.91 Å². The van der Waals surface area contributed by atoms with Crippen LogP contribution in [-0.2, 0) is 24.3 Å². The molecular weight excluding hydrogens is 326 g/mol. The van der Waals surface area contributed by atoms with Crippen LogP contribution in [0, 0.1) is 0 Å². The summed E-state index contributed by atoms with van der Waals surface area (Å²) < 4.78 is 5.44. The minimum Gasteiger partial charge on any atom is -0.467 e. The molecule has 5 heteroatoms. The number of carbonyl (C=O) groups is 1. The first-order chi connectivity index (χ1) is 12.8. The third-order valence-electron chi connectivity index (χ3n) is 4.39. The van der Waals surface area contributed by atoms with Crippen LogP contribution in [0.4, 0.5) is 0 Å². The van der Waals surface area contributed by atoms with Crippen LogP contribution in [0.1, 0.15) is 16.9 Å². The van der Waals surface area contributed by atoms with E-state index in [0.717, 1.165) is 27.8 Å². The van der Waals surface area contributed by atoms with Gasteiger partial charge in [-0.3, -0.25) is 9.78 Å². The molecular formula is C21H19N3O2. The average molecular weight is 345 g/mol. The largest absolute Gasteiger partial charge is 0.467 e. The number of nitrogens with one attached hydrogen (secondary N) is 1. The molecule has 0 bridgehead atoms. The van der Waals surface area contributed by atoms with E-state index in [1.165, 1.54) is 0 Å². The lowest BCUT2D eigenvalue weighted by Crippen LogP contribution is -2.31. The van der Waals surface area contributed by atoms with Crippen molar-refractivity contribution in [2.24, 2.45) is 0 Å². The SMILES string of the molecule is O=C(Cc1c[nH]c2ccccc12)N(Cc1cccnc1)Cc1ccco1. The highest BCUT2D eigenvalue weighted by atomic mass is 16.3. The number of H-pyrrole nitrogens is 1. The summed E-state index contributed by atoms with van der Waals surface area (Å²) >= 11 is 0. The molecule has 0 aliphatic heterocycles. The quantitative estimate of drug-likeness (QED) is 0.576. The standard InChI is InChI=1S/C21H19N3O2/c25-21(11-17-13-23-20-8-2-1-7-19(17)20)24(15-18-6-4-10-26-18)14-16-5-3-9-22-12-16/h1-10,12-13,23H,11,14-15H2. The third kappa shape index (κ3) is 3.52. The number of aromatic amines is 1. The van der Waals surface area contributed by atoms with Gasteiger partial charge in [-0.1, -0.05) is 24.3 Å². The number of fused-ring (bicyclic) bond motifs is 1. The molecule has 0 aliphatic rings. The fourth-order valence-corrected chi connectivity index (χ4v) is 3.09. The summed E-state index contributed by atoms with van der Waals surface area (Å²) in [6.45, 7) is 0.929. The van der Waals surface area contributed by atoms with Crippen LogP contribution in [-0.4, -0.2) is 20.8 Å². The summed E-state index contributed by atoms with van der Waals surface area (Å²) in [4.78, 5) is 22.2. The van der Waals surface area contributed by atoms with E-state index in [9.17, 15) is 4.79 Å². The van der Waals surface area contributed by atoms with E-state index in [4.69, 9.17) is 4.42 Å². The van der Waals surface area contributed by atoms with Crippen LogP contribution in [0.5, 0.6) is 0 Å². The van der Waals surface area contributed by atoms with Gasteiger partial charge in [0.1, 0.15) is 5.76 Å². The number of benzene rings is 1. The van der Waals surface area contributed by atoms with Crippen molar-refractivity contribution < 1.29 is 9.21 Å². The van der Waals surface area contributed by atoms with Gasteiger partial charge in [-0.15, -0.1) is 0 Å². The molecule has 0 aliphatic carbocycles. The number of aromatic nitrogens is 2. The Hall–Kier alpha value is -3.34. The molecule has 3 heterocycles. The monoisotopic (exact) mass is 345 g/mol. The van der Waals surface area contributed by atoms with E-state index in [2.05, 4.69) is 9.97 Å². The molecule has 5 nitrogen and oxygen atoms in total. The molecule has 0 saturated carbocycles. The lowest BCUT2D eigenvalue weighted by atomic mass is 10.1. The Morgan fingerprint density at radius 2 is 2.00 bits per heavy atom. The maximum atomic E-state index is 13.0. The molecule has 4 aromatic rings. The second-order valence-corrected chi connectivity index (χ2v) is 6.23. The van der Waals surface area contributed by atoms with E-state index >= 15 is 0 Å². The zero-order chi connectivity index (χ0) is 17.8. The fraction of sp³-hybridized carbons (Fsp3) is 0.143. The number of hydrogen-bond acceptors (Lipinski definition) is 3. The second kappa shape index (κ2) is 7.27. The maximum Gasteiger partial charge on any atom is 0.227 e. The predicted molar refractivity (Wildman–Crippen MR) is 99.2 cm³/mol. The van der Waals surface area contributed by atoms with Crippen molar-refractivity contribution >= 4 is 16.8 Å². The van der Waals surface area contributed by atoms with E-state index in [1.54, 1.807) is 23.6 Å². The van der Waals surface area contributed by atoms with Crippen LogP contribution in [0.2, 0.25) is 0 Å². The van der Waals surface area contributed by atoms with Gasteiger partial charge in [0.25, 0.3) is 0 Å². The lowest BCUT2D eigenvalue weighted by Gasteiger charge is -2.21.